The lowest BCUT2D eigenvalue weighted by atomic mass is 10.0. The Morgan fingerprint density at radius 2 is 1.78 bits per heavy atom. The lowest BCUT2D eigenvalue weighted by Gasteiger charge is -2.09. The highest BCUT2D eigenvalue weighted by Gasteiger charge is 2.07. The number of nitrogens with zero attached hydrogens (tertiary/aromatic N) is 2. The van der Waals surface area contributed by atoms with Crippen LogP contribution >= 0.6 is 11.6 Å². The highest BCUT2D eigenvalue weighted by molar-refractivity contribution is 6.31. The Kier molecular flexibility index (Phi) is 3.36. The fourth-order valence-electron chi connectivity index (χ4n) is 2.86. The van der Waals surface area contributed by atoms with Crippen LogP contribution in [0.3, 0.4) is 0 Å². The van der Waals surface area contributed by atoms with E-state index in [4.69, 9.17) is 11.6 Å². The second kappa shape index (κ2) is 5.52. The third kappa shape index (κ3) is 2.49. The maximum atomic E-state index is 12.7. The van der Waals surface area contributed by atoms with Crippen LogP contribution in [-0.2, 0) is 6.54 Å². The first-order valence-electron chi connectivity index (χ1n) is 7.34. The molecule has 0 atom stereocenters. The maximum Gasteiger partial charge on any atom is 0.261 e. The van der Waals surface area contributed by atoms with Crippen molar-refractivity contribution in [3.63, 3.8) is 0 Å². The largest absolute Gasteiger partial charge is 0.294 e. The summed E-state index contributed by atoms with van der Waals surface area (Å²) in [6.45, 7) is 0.482. The number of hydrogen-bond donors (Lipinski definition) is 0. The zero-order chi connectivity index (χ0) is 15.8. The van der Waals surface area contributed by atoms with Gasteiger partial charge in [-0.05, 0) is 34.5 Å². The smallest absolute Gasteiger partial charge is 0.261 e. The predicted molar refractivity (Wildman–Crippen MR) is 94.1 cm³/mol. The molecule has 112 valence electrons. The molecule has 3 aromatic carbocycles. The molecular formula is C19H13ClN2O. The molecular weight excluding hydrogens is 308 g/mol. The number of benzene rings is 3. The topological polar surface area (TPSA) is 34.9 Å². The summed E-state index contributed by atoms with van der Waals surface area (Å²) in [5, 5.41) is 3.39. The average molecular weight is 321 g/mol. The van der Waals surface area contributed by atoms with Gasteiger partial charge in [0.25, 0.3) is 5.56 Å². The van der Waals surface area contributed by atoms with Crippen LogP contribution < -0.4 is 5.56 Å². The molecule has 4 heteroatoms. The summed E-state index contributed by atoms with van der Waals surface area (Å²) in [5.74, 6) is 0. The van der Waals surface area contributed by atoms with Crippen molar-refractivity contribution in [3.05, 3.63) is 87.9 Å². The molecule has 0 fully saturated rings. The van der Waals surface area contributed by atoms with Gasteiger partial charge in [-0.3, -0.25) is 9.36 Å². The summed E-state index contributed by atoms with van der Waals surface area (Å²) >= 11 is 6.01. The van der Waals surface area contributed by atoms with Crippen LogP contribution in [0, 0.1) is 0 Å². The summed E-state index contributed by atoms with van der Waals surface area (Å²) in [6.07, 6.45) is 1.60. The van der Waals surface area contributed by atoms with Crippen molar-refractivity contribution in [1.82, 2.24) is 9.55 Å². The van der Waals surface area contributed by atoms with Crippen LogP contribution in [0.15, 0.2) is 71.8 Å². The SMILES string of the molecule is O=c1c2cc(Cl)ccc2ncn1Cc1cccc2ccccc12. The van der Waals surface area contributed by atoms with Crippen molar-refractivity contribution >= 4 is 33.3 Å². The van der Waals surface area contributed by atoms with Crippen LogP contribution in [0.2, 0.25) is 5.02 Å². The molecule has 0 radical (unpaired) electrons. The molecule has 0 spiro atoms. The van der Waals surface area contributed by atoms with Gasteiger partial charge in [-0.25, -0.2) is 4.98 Å². The van der Waals surface area contributed by atoms with E-state index in [9.17, 15) is 4.79 Å². The van der Waals surface area contributed by atoms with Crippen molar-refractivity contribution < 1.29 is 0 Å². The molecule has 1 aromatic heterocycles. The molecule has 0 saturated heterocycles. The molecule has 0 unspecified atom stereocenters. The van der Waals surface area contributed by atoms with Crippen molar-refractivity contribution in [2.24, 2.45) is 0 Å². The third-order valence-corrected chi connectivity index (χ3v) is 4.24. The standard InChI is InChI=1S/C19H13ClN2O/c20-15-8-9-18-17(10-15)19(23)22(12-21-18)11-14-6-3-5-13-4-1-2-7-16(13)14/h1-10,12H,11H2. The third-order valence-electron chi connectivity index (χ3n) is 4.01. The highest BCUT2D eigenvalue weighted by atomic mass is 35.5. The van der Waals surface area contributed by atoms with E-state index in [0.717, 1.165) is 16.3 Å². The van der Waals surface area contributed by atoms with E-state index in [0.29, 0.717) is 22.5 Å². The second-order valence-corrected chi connectivity index (χ2v) is 5.91. The van der Waals surface area contributed by atoms with Gasteiger partial charge < -0.3 is 0 Å². The van der Waals surface area contributed by atoms with Gasteiger partial charge in [-0.1, -0.05) is 54.1 Å². The van der Waals surface area contributed by atoms with E-state index in [-0.39, 0.29) is 5.56 Å². The summed E-state index contributed by atoms with van der Waals surface area (Å²) in [7, 11) is 0. The quantitative estimate of drug-likeness (QED) is 0.553. The zero-order valence-corrected chi connectivity index (χ0v) is 13.0. The number of halogens is 1. The minimum atomic E-state index is -0.0783. The lowest BCUT2D eigenvalue weighted by Crippen LogP contribution is -2.21. The van der Waals surface area contributed by atoms with Gasteiger partial charge in [-0.15, -0.1) is 0 Å². The Hall–Kier alpha value is -2.65. The summed E-state index contributed by atoms with van der Waals surface area (Å²) in [4.78, 5) is 17.0. The van der Waals surface area contributed by atoms with Crippen LogP contribution in [0.4, 0.5) is 0 Å². The first-order valence-corrected chi connectivity index (χ1v) is 7.71. The number of fused-ring (bicyclic) bond motifs is 2. The Labute approximate surface area is 137 Å². The second-order valence-electron chi connectivity index (χ2n) is 5.48. The minimum absolute atomic E-state index is 0.0783. The molecule has 4 aromatic rings. The van der Waals surface area contributed by atoms with E-state index >= 15 is 0 Å². The molecule has 0 N–H and O–H groups in total. The number of rotatable bonds is 2. The zero-order valence-electron chi connectivity index (χ0n) is 12.2. The van der Waals surface area contributed by atoms with Gasteiger partial charge >= 0.3 is 0 Å². The van der Waals surface area contributed by atoms with Gasteiger partial charge in [0.15, 0.2) is 0 Å². The molecule has 0 bridgehead atoms. The molecule has 0 saturated carbocycles. The first-order chi connectivity index (χ1) is 11.2. The Balaban J connectivity index is 1.86. The summed E-state index contributed by atoms with van der Waals surface area (Å²) < 4.78 is 1.63. The van der Waals surface area contributed by atoms with Gasteiger partial charge in [0.2, 0.25) is 0 Å². The lowest BCUT2D eigenvalue weighted by molar-refractivity contribution is 0.752. The van der Waals surface area contributed by atoms with E-state index in [2.05, 4.69) is 23.2 Å². The molecule has 1 heterocycles. The number of aromatic nitrogens is 2. The van der Waals surface area contributed by atoms with E-state index in [1.54, 1.807) is 29.1 Å². The average Bonchev–Trinajstić information content (AvgIpc) is 2.58. The molecule has 0 aliphatic heterocycles. The summed E-state index contributed by atoms with van der Waals surface area (Å²) in [6, 6.07) is 19.5. The maximum absolute atomic E-state index is 12.7. The first kappa shape index (κ1) is 14.0. The van der Waals surface area contributed by atoms with E-state index < -0.39 is 0 Å². The van der Waals surface area contributed by atoms with Crippen LogP contribution in [0.25, 0.3) is 21.7 Å². The molecule has 0 aliphatic rings. The number of hydrogen-bond acceptors (Lipinski definition) is 2. The van der Waals surface area contributed by atoms with Gasteiger partial charge in [0, 0.05) is 5.02 Å². The van der Waals surface area contributed by atoms with Gasteiger partial charge in [0.1, 0.15) is 0 Å². The Bertz CT molecular complexity index is 1080. The fourth-order valence-corrected chi connectivity index (χ4v) is 3.03. The van der Waals surface area contributed by atoms with Crippen LogP contribution in [0.5, 0.6) is 0 Å². The van der Waals surface area contributed by atoms with Crippen molar-refractivity contribution in [2.75, 3.05) is 0 Å². The molecule has 3 nitrogen and oxygen atoms in total. The predicted octanol–water partition coefficient (Wildman–Crippen LogP) is 4.25. The van der Waals surface area contributed by atoms with Crippen LogP contribution in [-0.4, -0.2) is 9.55 Å². The molecule has 23 heavy (non-hydrogen) atoms. The van der Waals surface area contributed by atoms with Crippen LogP contribution in [0.1, 0.15) is 5.56 Å². The van der Waals surface area contributed by atoms with E-state index in [1.165, 1.54) is 0 Å². The molecule has 4 rings (SSSR count). The monoisotopic (exact) mass is 320 g/mol. The molecule has 0 amide bonds. The Morgan fingerprint density at radius 3 is 2.70 bits per heavy atom. The van der Waals surface area contributed by atoms with E-state index in [1.807, 2.05) is 24.3 Å². The van der Waals surface area contributed by atoms with Gasteiger partial charge in [-0.2, -0.15) is 0 Å². The fraction of sp³-hybridized carbons (Fsp3) is 0.0526. The molecule has 0 aliphatic carbocycles. The van der Waals surface area contributed by atoms with Crippen molar-refractivity contribution in [1.29, 1.82) is 0 Å². The van der Waals surface area contributed by atoms with Crippen molar-refractivity contribution in [3.8, 4) is 0 Å². The van der Waals surface area contributed by atoms with Gasteiger partial charge in [0.05, 0.1) is 23.8 Å². The minimum Gasteiger partial charge on any atom is -0.294 e. The normalized spacial score (nSPS) is 11.2. The Morgan fingerprint density at radius 1 is 0.957 bits per heavy atom. The highest BCUT2D eigenvalue weighted by Crippen LogP contribution is 2.19. The van der Waals surface area contributed by atoms with Crippen molar-refractivity contribution in [2.45, 2.75) is 6.54 Å². The summed E-state index contributed by atoms with van der Waals surface area (Å²) in [5.41, 5.74) is 1.67.